The molecule has 1 saturated heterocycles. The molecule has 1 N–H and O–H groups in total. The van der Waals surface area contributed by atoms with Crippen molar-refractivity contribution in [2.45, 2.75) is 45.2 Å². The first-order valence-corrected chi connectivity index (χ1v) is 4.17. The monoisotopic (exact) mass is 160 g/mol. The van der Waals surface area contributed by atoms with E-state index in [1.807, 2.05) is 0 Å². The van der Waals surface area contributed by atoms with E-state index in [0.717, 1.165) is 6.42 Å². The lowest BCUT2D eigenvalue weighted by molar-refractivity contribution is -0.0806. The van der Waals surface area contributed by atoms with Crippen LogP contribution in [-0.4, -0.2) is 30.2 Å². The van der Waals surface area contributed by atoms with Crippen LogP contribution in [0.15, 0.2) is 0 Å². The summed E-state index contributed by atoms with van der Waals surface area (Å²) in [5.41, 5.74) is 0. The Morgan fingerprint density at radius 2 is 2.36 bits per heavy atom. The van der Waals surface area contributed by atoms with E-state index in [9.17, 15) is 0 Å². The Bertz CT molecular complexity index is 114. The van der Waals surface area contributed by atoms with Crippen LogP contribution < -0.4 is 0 Å². The van der Waals surface area contributed by atoms with Gasteiger partial charge in [0.1, 0.15) is 0 Å². The molecule has 0 aliphatic carbocycles. The Labute approximate surface area is 67.3 Å². The molecular formula is C8H16O3. The maximum absolute atomic E-state index is 9.01. The van der Waals surface area contributed by atoms with Gasteiger partial charge in [0.25, 0.3) is 0 Å². The van der Waals surface area contributed by atoms with Gasteiger partial charge in [-0.15, -0.1) is 0 Å². The second kappa shape index (κ2) is 4.04. The summed E-state index contributed by atoms with van der Waals surface area (Å²) in [4.78, 5) is 0. The highest BCUT2D eigenvalue weighted by atomic mass is 16.7. The molecule has 0 spiro atoms. The van der Waals surface area contributed by atoms with Gasteiger partial charge in [-0.25, -0.2) is 0 Å². The third kappa shape index (κ3) is 2.77. The van der Waals surface area contributed by atoms with Crippen LogP contribution in [0.5, 0.6) is 0 Å². The van der Waals surface area contributed by atoms with Crippen LogP contribution in [0.3, 0.4) is 0 Å². The quantitative estimate of drug-likeness (QED) is 0.667. The number of rotatable bonds is 3. The van der Waals surface area contributed by atoms with Crippen molar-refractivity contribution < 1.29 is 14.6 Å². The van der Waals surface area contributed by atoms with E-state index in [1.165, 1.54) is 0 Å². The first-order chi connectivity index (χ1) is 5.22. The van der Waals surface area contributed by atoms with Crippen LogP contribution in [0.25, 0.3) is 0 Å². The maximum atomic E-state index is 9.01. The summed E-state index contributed by atoms with van der Waals surface area (Å²) in [5.74, 6) is 0. The lowest BCUT2D eigenvalue weighted by atomic mass is 10.3. The van der Waals surface area contributed by atoms with Gasteiger partial charge in [0.05, 0.1) is 18.8 Å². The molecule has 1 aliphatic heterocycles. The molecule has 0 aromatic rings. The molecule has 0 aromatic carbocycles. The molecule has 1 fully saturated rings. The van der Waals surface area contributed by atoms with Gasteiger partial charge in [-0.1, -0.05) is 6.92 Å². The van der Waals surface area contributed by atoms with Crippen LogP contribution in [0.2, 0.25) is 0 Å². The fourth-order valence-corrected chi connectivity index (χ4v) is 1.12. The van der Waals surface area contributed by atoms with Crippen molar-refractivity contribution in [2.24, 2.45) is 0 Å². The first-order valence-electron chi connectivity index (χ1n) is 4.17. The average molecular weight is 160 g/mol. The molecule has 3 nitrogen and oxygen atoms in total. The summed E-state index contributed by atoms with van der Waals surface area (Å²) in [6.45, 7) is 4.48. The zero-order chi connectivity index (χ0) is 8.27. The second-order valence-electron chi connectivity index (χ2n) is 3.01. The van der Waals surface area contributed by atoms with Crippen LogP contribution in [0.4, 0.5) is 0 Å². The lowest BCUT2D eigenvalue weighted by Crippen LogP contribution is -2.16. The smallest absolute Gasteiger partial charge is 0.160 e. The van der Waals surface area contributed by atoms with Crippen LogP contribution in [0, 0.1) is 0 Å². The van der Waals surface area contributed by atoms with E-state index in [2.05, 4.69) is 6.92 Å². The Morgan fingerprint density at radius 1 is 1.64 bits per heavy atom. The van der Waals surface area contributed by atoms with Crippen molar-refractivity contribution in [3.8, 4) is 0 Å². The average Bonchev–Trinajstić information content (AvgIpc) is 2.34. The van der Waals surface area contributed by atoms with Gasteiger partial charge in [0.2, 0.25) is 0 Å². The molecule has 0 saturated carbocycles. The van der Waals surface area contributed by atoms with Crippen molar-refractivity contribution in [1.29, 1.82) is 0 Å². The minimum atomic E-state index is -0.337. The van der Waals surface area contributed by atoms with E-state index < -0.39 is 0 Å². The van der Waals surface area contributed by atoms with Gasteiger partial charge in [-0.2, -0.15) is 0 Å². The summed E-state index contributed by atoms with van der Waals surface area (Å²) < 4.78 is 10.7. The normalized spacial score (nSPS) is 34.1. The Kier molecular flexibility index (Phi) is 3.30. The second-order valence-corrected chi connectivity index (χ2v) is 3.01. The van der Waals surface area contributed by atoms with Gasteiger partial charge in [-0.05, 0) is 13.3 Å². The standard InChI is InChI=1S/C8H16O3/c1-3-7-5-10-8(11-7)4-6(2)9/h6-9H,3-5H2,1-2H3. The summed E-state index contributed by atoms with van der Waals surface area (Å²) in [6, 6.07) is 0. The van der Waals surface area contributed by atoms with Crippen LogP contribution in [0.1, 0.15) is 26.7 Å². The highest BCUT2D eigenvalue weighted by molar-refractivity contribution is 4.64. The van der Waals surface area contributed by atoms with Crippen molar-refractivity contribution in [3.05, 3.63) is 0 Å². The molecule has 0 radical (unpaired) electrons. The molecule has 11 heavy (non-hydrogen) atoms. The SMILES string of the molecule is CCC1COC(CC(C)O)O1. The fraction of sp³-hybridized carbons (Fsp3) is 1.00. The fourth-order valence-electron chi connectivity index (χ4n) is 1.12. The Morgan fingerprint density at radius 3 is 2.82 bits per heavy atom. The zero-order valence-corrected chi connectivity index (χ0v) is 7.12. The molecule has 1 heterocycles. The highest BCUT2D eigenvalue weighted by Gasteiger charge is 2.25. The van der Waals surface area contributed by atoms with Gasteiger partial charge < -0.3 is 14.6 Å². The minimum absolute atomic E-state index is 0.181. The third-order valence-corrected chi connectivity index (χ3v) is 1.80. The molecule has 1 aliphatic rings. The third-order valence-electron chi connectivity index (χ3n) is 1.80. The number of hydrogen-bond donors (Lipinski definition) is 1. The van der Waals surface area contributed by atoms with Gasteiger partial charge >= 0.3 is 0 Å². The van der Waals surface area contributed by atoms with Crippen molar-refractivity contribution in [1.82, 2.24) is 0 Å². The summed E-state index contributed by atoms with van der Waals surface area (Å²) >= 11 is 0. The molecule has 3 atom stereocenters. The van der Waals surface area contributed by atoms with Crippen molar-refractivity contribution in [2.75, 3.05) is 6.61 Å². The van der Waals surface area contributed by atoms with E-state index in [4.69, 9.17) is 14.6 Å². The molecule has 1 rings (SSSR count). The van der Waals surface area contributed by atoms with Crippen LogP contribution in [-0.2, 0) is 9.47 Å². The van der Waals surface area contributed by atoms with Gasteiger partial charge in [-0.3, -0.25) is 0 Å². The number of aliphatic hydroxyl groups is 1. The van der Waals surface area contributed by atoms with E-state index >= 15 is 0 Å². The molecule has 0 bridgehead atoms. The topological polar surface area (TPSA) is 38.7 Å². The van der Waals surface area contributed by atoms with E-state index in [1.54, 1.807) is 6.92 Å². The van der Waals surface area contributed by atoms with Crippen molar-refractivity contribution in [3.63, 3.8) is 0 Å². The van der Waals surface area contributed by atoms with Gasteiger partial charge in [0.15, 0.2) is 6.29 Å². The van der Waals surface area contributed by atoms with Crippen molar-refractivity contribution >= 4 is 0 Å². The number of ether oxygens (including phenoxy) is 2. The zero-order valence-electron chi connectivity index (χ0n) is 7.12. The Hall–Kier alpha value is -0.120. The molecule has 0 amide bonds. The summed E-state index contributed by atoms with van der Waals surface area (Å²) in [5, 5.41) is 9.01. The Balaban J connectivity index is 2.19. The van der Waals surface area contributed by atoms with Crippen LogP contribution >= 0.6 is 0 Å². The number of aliphatic hydroxyl groups excluding tert-OH is 1. The summed E-state index contributed by atoms with van der Waals surface area (Å²) in [7, 11) is 0. The molecular weight excluding hydrogens is 144 g/mol. The van der Waals surface area contributed by atoms with Gasteiger partial charge in [0, 0.05) is 6.42 Å². The molecule has 0 aromatic heterocycles. The maximum Gasteiger partial charge on any atom is 0.160 e. The lowest BCUT2D eigenvalue weighted by Gasteiger charge is -2.11. The largest absolute Gasteiger partial charge is 0.393 e. The minimum Gasteiger partial charge on any atom is -0.393 e. The molecule has 66 valence electrons. The van der Waals surface area contributed by atoms with E-state index in [-0.39, 0.29) is 18.5 Å². The number of hydrogen-bond acceptors (Lipinski definition) is 3. The van der Waals surface area contributed by atoms with E-state index in [0.29, 0.717) is 13.0 Å². The predicted octanol–water partition coefficient (Wildman–Crippen LogP) is 0.909. The predicted molar refractivity (Wildman–Crippen MR) is 41.2 cm³/mol. The highest BCUT2D eigenvalue weighted by Crippen LogP contribution is 2.17. The first kappa shape index (κ1) is 8.97. The molecule has 3 heteroatoms. The molecule has 3 unspecified atom stereocenters. The summed E-state index contributed by atoms with van der Waals surface area (Å²) in [6.07, 6.45) is 1.28.